The molecule has 0 saturated heterocycles. The topological polar surface area (TPSA) is 98.9 Å². The first-order valence-electron chi connectivity index (χ1n) is 5.71. The quantitative estimate of drug-likeness (QED) is 0.623. The van der Waals surface area contributed by atoms with E-state index in [1.807, 2.05) is 0 Å². The molecule has 20 heavy (non-hydrogen) atoms. The summed E-state index contributed by atoms with van der Waals surface area (Å²) in [6, 6.07) is 2.85. The van der Waals surface area contributed by atoms with Gasteiger partial charge in [-0.25, -0.2) is 8.42 Å². The molecular weight excluding hydrogens is 284 g/mol. The van der Waals surface area contributed by atoms with Gasteiger partial charge in [-0.2, -0.15) is 4.31 Å². The zero-order valence-corrected chi connectivity index (χ0v) is 12.7. The molecule has 0 spiro atoms. The average molecular weight is 302 g/mol. The van der Waals surface area contributed by atoms with Crippen molar-refractivity contribution in [1.82, 2.24) is 4.31 Å². The number of sulfonamides is 1. The highest BCUT2D eigenvalue weighted by Crippen LogP contribution is 2.30. The number of methoxy groups -OCH3 is 2. The number of hydrogen-bond donors (Lipinski definition) is 1. The zero-order chi connectivity index (χ0) is 15.5. The Morgan fingerprint density at radius 3 is 2.45 bits per heavy atom. The molecule has 0 amide bonds. The van der Waals surface area contributed by atoms with Crippen molar-refractivity contribution in [2.75, 3.05) is 33.5 Å². The molecule has 0 aromatic heterocycles. The van der Waals surface area contributed by atoms with Gasteiger partial charge < -0.3 is 15.2 Å². The van der Waals surface area contributed by atoms with Gasteiger partial charge >= 0.3 is 5.97 Å². The second-order valence-corrected chi connectivity index (χ2v) is 6.21. The van der Waals surface area contributed by atoms with E-state index in [2.05, 4.69) is 4.74 Å². The van der Waals surface area contributed by atoms with Gasteiger partial charge in [-0.1, -0.05) is 0 Å². The molecule has 8 heteroatoms. The molecule has 0 heterocycles. The van der Waals surface area contributed by atoms with Crippen molar-refractivity contribution in [2.45, 2.75) is 11.8 Å². The fourth-order valence-electron chi connectivity index (χ4n) is 1.54. The summed E-state index contributed by atoms with van der Waals surface area (Å²) >= 11 is 0. The van der Waals surface area contributed by atoms with Crippen LogP contribution >= 0.6 is 0 Å². The van der Waals surface area contributed by atoms with Crippen LogP contribution in [0.4, 0.5) is 5.69 Å². The fraction of sp³-hybridized carbons (Fsp3) is 0.417. The van der Waals surface area contributed by atoms with Crippen LogP contribution in [-0.2, 0) is 19.6 Å². The van der Waals surface area contributed by atoms with Gasteiger partial charge in [-0.15, -0.1) is 0 Å². The third kappa shape index (κ3) is 3.20. The van der Waals surface area contributed by atoms with E-state index in [4.69, 9.17) is 10.5 Å². The van der Waals surface area contributed by atoms with Crippen LogP contribution in [0, 0.1) is 6.92 Å². The Morgan fingerprint density at radius 1 is 1.35 bits per heavy atom. The molecule has 7 nitrogen and oxygen atoms in total. The molecule has 0 radical (unpaired) electrons. The molecule has 0 aliphatic carbocycles. The molecule has 1 rings (SSSR count). The van der Waals surface area contributed by atoms with Crippen LogP contribution in [0.15, 0.2) is 17.0 Å². The Hall–Kier alpha value is -1.80. The maximum atomic E-state index is 12.4. The summed E-state index contributed by atoms with van der Waals surface area (Å²) in [6.45, 7) is 1.35. The number of benzene rings is 1. The molecule has 1 aromatic rings. The summed E-state index contributed by atoms with van der Waals surface area (Å²) in [5.74, 6) is -0.483. The van der Waals surface area contributed by atoms with Crippen LogP contribution in [0.2, 0.25) is 0 Å². The van der Waals surface area contributed by atoms with Crippen LogP contribution in [0.5, 0.6) is 5.75 Å². The summed E-state index contributed by atoms with van der Waals surface area (Å²) in [5.41, 5.74) is 6.77. The molecule has 0 aliphatic rings. The highest BCUT2D eigenvalue weighted by Gasteiger charge is 2.27. The number of anilines is 1. The van der Waals surface area contributed by atoms with Gasteiger partial charge in [0.1, 0.15) is 17.2 Å². The highest BCUT2D eigenvalue weighted by molar-refractivity contribution is 7.89. The lowest BCUT2D eigenvalue weighted by molar-refractivity contribution is -0.140. The summed E-state index contributed by atoms with van der Waals surface area (Å²) in [7, 11) is -0.0660. The first-order valence-corrected chi connectivity index (χ1v) is 7.15. The highest BCUT2D eigenvalue weighted by atomic mass is 32.2. The minimum absolute atomic E-state index is 0.0884. The second kappa shape index (κ2) is 6.10. The fourth-order valence-corrected chi connectivity index (χ4v) is 2.82. The number of esters is 1. The SMILES string of the molecule is COC(=O)CN(C)S(=O)(=O)c1cc(N)c(C)cc1OC. The number of nitrogens with two attached hydrogens (primary N) is 1. The number of nitrogen functional groups attached to an aromatic ring is 1. The predicted octanol–water partition coefficient (Wildman–Crippen LogP) is 0.379. The van der Waals surface area contributed by atoms with Crippen molar-refractivity contribution in [3.05, 3.63) is 17.7 Å². The minimum Gasteiger partial charge on any atom is -0.495 e. The Morgan fingerprint density at radius 2 is 1.95 bits per heavy atom. The van der Waals surface area contributed by atoms with Crippen molar-refractivity contribution < 1.29 is 22.7 Å². The Balaban J connectivity index is 3.28. The normalized spacial score (nSPS) is 11.4. The number of carbonyl (C=O) groups is 1. The van der Waals surface area contributed by atoms with E-state index in [-0.39, 0.29) is 10.6 Å². The van der Waals surface area contributed by atoms with E-state index in [1.165, 1.54) is 33.4 Å². The first-order chi connectivity index (χ1) is 9.23. The lowest BCUT2D eigenvalue weighted by Gasteiger charge is -2.18. The molecule has 0 aliphatic heterocycles. The van der Waals surface area contributed by atoms with Crippen LogP contribution < -0.4 is 10.5 Å². The van der Waals surface area contributed by atoms with Gasteiger partial charge in [-0.05, 0) is 24.6 Å². The molecule has 0 fully saturated rings. The van der Waals surface area contributed by atoms with E-state index in [1.54, 1.807) is 6.92 Å². The molecule has 0 bridgehead atoms. The molecule has 112 valence electrons. The van der Waals surface area contributed by atoms with Crippen molar-refractivity contribution in [1.29, 1.82) is 0 Å². The van der Waals surface area contributed by atoms with Crippen molar-refractivity contribution in [2.24, 2.45) is 0 Å². The molecule has 1 aromatic carbocycles. The zero-order valence-electron chi connectivity index (χ0n) is 11.8. The van der Waals surface area contributed by atoms with Gasteiger partial charge in [0.25, 0.3) is 0 Å². The number of hydrogen-bond acceptors (Lipinski definition) is 6. The van der Waals surface area contributed by atoms with Gasteiger partial charge in [0.05, 0.1) is 14.2 Å². The van der Waals surface area contributed by atoms with E-state index < -0.39 is 22.5 Å². The number of rotatable bonds is 5. The predicted molar refractivity (Wildman–Crippen MR) is 74.0 cm³/mol. The number of likely N-dealkylation sites (N-methyl/N-ethyl adjacent to an activating group) is 1. The van der Waals surface area contributed by atoms with E-state index in [0.717, 1.165) is 4.31 Å². The number of aryl methyl sites for hydroxylation is 1. The molecule has 0 atom stereocenters. The summed E-state index contributed by atoms with van der Waals surface area (Å²) < 4.78 is 35.2. The van der Waals surface area contributed by atoms with Gasteiger partial charge in [0.2, 0.25) is 10.0 Å². The number of nitrogens with zero attached hydrogens (tertiary/aromatic N) is 1. The lowest BCUT2D eigenvalue weighted by Crippen LogP contribution is -2.33. The summed E-state index contributed by atoms with van der Waals surface area (Å²) in [6.07, 6.45) is 0. The van der Waals surface area contributed by atoms with E-state index in [9.17, 15) is 13.2 Å². The molecule has 2 N–H and O–H groups in total. The summed E-state index contributed by atoms with van der Waals surface area (Å²) in [4.78, 5) is 11.1. The lowest BCUT2D eigenvalue weighted by atomic mass is 10.2. The number of carbonyl (C=O) groups excluding carboxylic acids is 1. The number of ether oxygens (including phenoxy) is 2. The van der Waals surface area contributed by atoms with E-state index in [0.29, 0.717) is 11.3 Å². The summed E-state index contributed by atoms with van der Waals surface area (Å²) in [5, 5.41) is 0. The van der Waals surface area contributed by atoms with Crippen LogP contribution in [0.3, 0.4) is 0 Å². The Bertz CT molecular complexity index is 613. The molecular formula is C12H18N2O5S. The third-order valence-corrected chi connectivity index (χ3v) is 4.64. The maximum Gasteiger partial charge on any atom is 0.321 e. The first kappa shape index (κ1) is 16.3. The smallest absolute Gasteiger partial charge is 0.321 e. The standard InChI is InChI=1S/C12H18N2O5S/c1-8-5-10(18-3)11(6-9(8)13)20(16,17)14(2)7-12(15)19-4/h5-6H,7,13H2,1-4H3. The van der Waals surface area contributed by atoms with Crippen LogP contribution in [-0.4, -0.2) is 46.5 Å². The maximum absolute atomic E-state index is 12.4. The van der Waals surface area contributed by atoms with Crippen molar-refractivity contribution >= 4 is 21.7 Å². The van der Waals surface area contributed by atoms with Gasteiger partial charge in [0.15, 0.2) is 0 Å². The average Bonchev–Trinajstić information content (AvgIpc) is 2.40. The van der Waals surface area contributed by atoms with Crippen LogP contribution in [0.25, 0.3) is 0 Å². The molecule has 0 saturated carbocycles. The van der Waals surface area contributed by atoms with E-state index >= 15 is 0 Å². The second-order valence-electron chi connectivity index (χ2n) is 4.20. The Labute approximate surface area is 118 Å². The Kier molecular flexibility index (Phi) is 4.96. The monoisotopic (exact) mass is 302 g/mol. The minimum atomic E-state index is -3.90. The third-order valence-electron chi connectivity index (χ3n) is 2.82. The largest absolute Gasteiger partial charge is 0.495 e. The molecule has 0 unspecified atom stereocenters. The van der Waals surface area contributed by atoms with Crippen molar-refractivity contribution in [3.63, 3.8) is 0 Å². The van der Waals surface area contributed by atoms with Crippen molar-refractivity contribution in [3.8, 4) is 5.75 Å². The van der Waals surface area contributed by atoms with Crippen LogP contribution in [0.1, 0.15) is 5.56 Å². The van der Waals surface area contributed by atoms with Gasteiger partial charge in [0, 0.05) is 12.7 Å². The van der Waals surface area contributed by atoms with Gasteiger partial charge in [-0.3, -0.25) is 4.79 Å².